The van der Waals surface area contributed by atoms with E-state index < -0.39 is 6.61 Å². The largest absolute Gasteiger partial charge is 0.435 e. The van der Waals surface area contributed by atoms with Gasteiger partial charge in [-0.15, -0.1) is 0 Å². The topological polar surface area (TPSA) is 56.8 Å². The molecule has 1 aromatic carbocycles. The fourth-order valence-electron chi connectivity index (χ4n) is 2.43. The Balaban J connectivity index is 1.57. The van der Waals surface area contributed by atoms with Crippen molar-refractivity contribution < 1.29 is 27.8 Å². The molecule has 0 atom stereocenters. The zero-order chi connectivity index (χ0) is 17.2. The van der Waals surface area contributed by atoms with Crippen molar-refractivity contribution in [3.8, 4) is 5.75 Å². The molecule has 24 heavy (non-hydrogen) atoms. The van der Waals surface area contributed by atoms with Gasteiger partial charge in [-0.05, 0) is 49.4 Å². The highest BCUT2D eigenvalue weighted by molar-refractivity contribution is 5.94. The molecule has 1 aliphatic rings. The lowest BCUT2D eigenvalue weighted by molar-refractivity contribution is -0.0498. The minimum absolute atomic E-state index is 0.0306. The first-order valence-corrected chi connectivity index (χ1v) is 8.13. The van der Waals surface area contributed by atoms with Crippen LogP contribution in [0.1, 0.15) is 29.6 Å². The first-order chi connectivity index (χ1) is 11.6. The zero-order valence-electron chi connectivity index (χ0n) is 13.5. The predicted octanol–water partition coefficient (Wildman–Crippen LogP) is 2.85. The van der Waals surface area contributed by atoms with Crippen LogP contribution in [0.5, 0.6) is 5.75 Å². The highest BCUT2D eigenvalue weighted by Gasteiger charge is 2.13. The van der Waals surface area contributed by atoms with E-state index in [-0.39, 0.29) is 11.7 Å². The first-order valence-electron chi connectivity index (χ1n) is 8.13. The van der Waals surface area contributed by atoms with Gasteiger partial charge >= 0.3 is 6.61 Å². The van der Waals surface area contributed by atoms with Crippen LogP contribution in [0, 0.1) is 5.92 Å². The number of carbonyl (C=O) groups is 1. The van der Waals surface area contributed by atoms with Crippen molar-refractivity contribution in [1.82, 2.24) is 5.32 Å². The summed E-state index contributed by atoms with van der Waals surface area (Å²) in [5.74, 6) is 0.355. The van der Waals surface area contributed by atoms with Gasteiger partial charge in [-0.2, -0.15) is 8.78 Å². The summed E-state index contributed by atoms with van der Waals surface area (Å²) in [7, 11) is 0. The molecule has 134 valence electrons. The molecule has 1 heterocycles. The lowest BCUT2D eigenvalue weighted by atomic mass is 10.0. The average Bonchev–Trinajstić information content (AvgIpc) is 2.59. The van der Waals surface area contributed by atoms with Crippen molar-refractivity contribution in [2.45, 2.75) is 25.9 Å². The van der Waals surface area contributed by atoms with Crippen molar-refractivity contribution in [3.05, 3.63) is 29.8 Å². The zero-order valence-corrected chi connectivity index (χ0v) is 13.5. The number of alkyl halides is 2. The summed E-state index contributed by atoms with van der Waals surface area (Å²) in [6.45, 7) is 0.589. The van der Waals surface area contributed by atoms with Gasteiger partial charge in [0.1, 0.15) is 5.75 Å². The van der Waals surface area contributed by atoms with Crippen LogP contribution in [0.15, 0.2) is 24.3 Å². The Morgan fingerprint density at radius 1 is 1.25 bits per heavy atom. The Morgan fingerprint density at radius 3 is 2.62 bits per heavy atom. The van der Waals surface area contributed by atoms with Gasteiger partial charge in [0, 0.05) is 38.5 Å². The van der Waals surface area contributed by atoms with E-state index in [0.717, 1.165) is 39.1 Å². The number of hydrogen-bond acceptors (Lipinski definition) is 4. The van der Waals surface area contributed by atoms with Crippen LogP contribution in [-0.2, 0) is 9.47 Å². The summed E-state index contributed by atoms with van der Waals surface area (Å²) >= 11 is 0. The maximum absolute atomic E-state index is 12.0. The summed E-state index contributed by atoms with van der Waals surface area (Å²) in [4.78, 5) is 11.9. The summed E-state index contributed by atoms with van der Waals surface area (Å²) in [5, 5.41) is 2.77. The second-order valence-corrected chi connectivity index (χ2v) is 5.64. The first kappa shape index (κ1) is 18.6. The minimum Gasteiger partial charge on any atom is -0.435 e. The van der Waals surface area contributed by atoms with Crippen molar-refractivity contribution in [2.24, 2.45) is 5.92 Å². The third kappa shape index (κ3) is 6.80. The van der Waals surface area contributed by atoms with Gasteiger partial charge in [-0.1, -0.05) is 0 Å². The Kier molecular flexibility index (Phi) is 7.91. The highest BCUT2D eigenvalue weighted by Crippen LogP contribution is 2.15. The average molecular weight is 343 g/mol. The Hall–Kier alpha value is -1.73. The molecule has 0 saturated carbocycles. The van der Waals surface area contributed by atoms with E-state index in [2.05, 4.69) is 10.1 Å². The number of halogens is 2. The molecule has 2 rings (SSSR count). The quantitative estimate of drug-likeness (QED) is 0.701. The molecule has 1 fully saturated rings. The van der Waals surface area contributed by atoms with Crippen LogP contribution in [0.2, 0.25) is 0 Å². The van der Waals surface area contributed by atoms with Gasteiger partial charge in [-0.3, -0.25) is 4.79 Å². The van der Waals surface area contributed by atoms with Crippen LogP contribution in [0.3, 0.4) is 0 Å². The van der Waals surface area contributed by atoms with Crippen molar-refractivity contribution in [3.63, 3.8) is 0 Å². The van der Waals surface area contributed by atoms with Crippen LogP contribution in [0.4, 0.5) is 8.78 Å². The standard InChI is InChI=1S/C17H23F2NO4/c18-17(19)24-15-4-2-14(3-5-15)16(21)20-8-1-9-23-12-13-6-10-22-11-7-13/h2-5,13,17H,1,6-12H2,(H,20,21). The van der Waals surface area contributed by atoms with Crippen LogP contribution in [0.25, 0.3) is 0 Å². The maximum atomic E-state index is 12.0. The third-order valence-electron chi connectivity index (χ3n) is 3.79. The normalized spacial score (nSPS) is 15.5. The number of hydrogen-bond donors (Lipinski definition) is 1. The number of benzene rings is 1. The molecular weight excluding hydrogens is 320 g/mol. The highest BCUT2D eigenvalue weighted by atomic mass is 19.3. The number of amides is 1. The molecule has 1 aliphatic heterocycles. The molecule has 1 N–H and O–H groups in total. The second-order valence-electron chi connectivity index (χ2n) is 5.64. The van der Waals surface area contributed by atoms with Gasteiger partial charge in [0.25, 0.3) is 5.91 Å². The predicted molar refractivity (Wildman–Crippen MR) is 84.4 cm³/mol. The van der Waals surface area contributed by atoms with E-state index in [4.69, 9.17) is 9.47 Å². The molecule has 0 spiro atoms. The van der Waals surface area contributed by atoms with E-state index in [9.17, 15) is 13.6 Å². The van der Waals surface area contributed by atoms with Crippen LogP contribution >= 0.6 is 0 Å². The molecule has 0 aliphatic carbocycles. The second kappa shape index (κ2) is 10.2. The molecule has 0 unspecified atom stereocenters. The van der Waals surface area contributed by atoms with Crippen molar-refractivity contribution >= 4 is 5.91 Å². The van der Waals surface area contributed by atoms with Gasteiger partial charge < -0.3 is 19.5 Å². The third-order valence-corrected chi connectivity index (χ3v) is 3.79. The fourth-order valence-corrected chi connectivity index (χ4v) is 2.43. The van der Waals surface area contributed by atoms with E-state index in [1.165, 1.54) is 24.3 Å². The Labute approximate surface area is 140 Å². The number of rotatable bonds is 9. The Morgan fingerprint density at radius 2 is 1.96 bits per heavy atom. The molecule has 1 saturated heterocycles. The van der Waals surface area contributed by atoms with Gasteiger partial charge in [0.15, 0.2) is 0 Å². The molecule has 7 heteroatoms. The number of carbonyl (C=O) groups excluding carboxylic acids is 1. The fraction of sp³-hybridized carbons (Fsp3) is 0.588. The maximum Gasteiger partial charge on any atom is 0.387 e. The van der Waals surface area contributed by atoms with E-state index in [1.807, 2.05) is 0 Å². The van der Waals surface area contributed by atoms with E-state index in [0.29, 0.717) is 24.6 Å². The summed E-state index contributed by atoms with van der Waals surface area (Å²) in [5.41, 5.74) is 0.403. The lowest BCUT2D eigenvalue weighted by Crippen LogP contribution is -2.26. The van der Waals surface area contributed by atoms with Gasteiger partial charge in [0.2, 0.25) is 0 Å². The van der Waals surface area contributed by atoms with Crippen molar-refractivity contribution in [1.29, 1.82) is 0 Å². The van der Waals surface area contributed by atoms with Gasteiger partial charge in [0.05, 0.1) is 0 Å². The SMILES string of the molecule is O=C(NCCCOCC1CCOCC1)c1ccc(OC(F)F)cc1. The monoisotopic (exact) mass is 343 g/mol. The lowest BCUT2D eigenvalue weighted by Gasteiger charge is -2.21. The van der Waals surface area contributed by atoms with E-state index in [1.54, 1.807) is 0 Å². The van der Waals surface area contributed by atoms with Crippen molar-refractivity contribution in [2.75, 3.05) is 33.0 Å². The van der Waals surface area contributed by atoms with Gasteiger partial charge in [-0.25, -0.2) is 0 Å². The molecular formula is C17H23F2NO4. The molecule has 1 aromatic rings. The molecule has 0 bridgehead atoms. The summed E-state index contributed by atoms with van der Waals surface area (Å²) in [6, 6.07) is 5.60. The van der Waals surface area contributed by atoms with Crippen LogP contribution < -0.4 is 10.1 Å². The van der Waals surface area contributed by atoms with Crippen LogP contribution in [-0.4, -0.2) is 45.5 Å². The summed E-state index contributed by atoms with van der Waals surface area (Å²) in [6.07, 6.45) is 2.81. The smallest absolute Gasteiger partial charge is 0.387 e. The molecule has 0 radical (unpaired) electrons. The van der Waals surface area contributed by atoms with E-state index >= 15 is 0 Å². The minimum atomic E-state index is -2.87. The molecule has 0 aromatic heterocycles. The Bertz CT molecular complexity index is 490. The summed E-state index contributed by atoms with van der Waals surface area (Å²) < 4.78 is 39.2. The number of ether oxygens (including phenoxy) is 3. The molecule has 5 nitrogen and oxygen atoms in total. The molecule has 1 amide bonds. The number of nitrogens with one attached hydrogen (secondary N) is 1.